The van der Waals surface area contributed by atoms with Crippen molar-refractivity contribution in [2.75, 3.05) is 19.7 Å². The summed E-state index contributed by atoms with van der Waals surface area (Å²) < 4.78 is 11.2. The molecule has 0 aromatic heterocycles. The van der Waals surface area contributed by atoms with Crippen LogP contribution >= 0.6 is 0 Å². The standard InChI is InChI=1S/C22H25NO5/c1-4-23(5-2)21(24)13-16(3)17-11-12-19(20(14-17)27-15-22(25)26)28-18-9-7-6-8-10-18/h6-14H,4-5,15H2,1-3H3,(H,25,26)/b16-13+. The Morgan fingerprint density at radius 3 is 2.32 bits per heavy atom. The van der Waals surface area contributed by atoms with Gasteiger partial charge in [-0.05, 0) is 56.2 Å². The average Bonchev–Trinajstić information content (AvgIpc) is 2.68. The quantitative estimate of drug-likeness (QED) is 0.656. The first-order valence-electron chi connectivity index (χ1n) is 9.13. The summed E-state index contributed by atoms with van der Waals surface area (Å²) in [5.74, 6) is 0.158. The van der Waals surface area contributed by atoms with Crippen molar-refractivity contribution >= 4 is 17.4 Å². The molecule has 2 aromatic carbocycles. The molecule has 0 aliphatic carbocycles. The predicted octanol–water partition coefficient (Wildman–Crippen LogP) is 4.21. The lowest BCUT2D eigenvalue weighted by molar-refractivity contribution is -0.139. The summed E-state index contributed by atoms with van der Waals surface area (Å²) >= 11 is 0. The number of para-hydroxylation sites is 1. The normalized spacial score (nSPS) is 11.0. The van der Waals surface area contributed by atoms with E-state index in [1.807, 2.05) is 45.0 Å². The maximum absolute atomic E-state index is 12.3. The largest absolute Gasteiger partial charge is 0.479 e. The molecule has 148 valence electrons. The van der Waals surface area contributed by atoms with Crippen LogP contribution in [-0.2, 0) is 9.59 Å². The van der Waals surface area contributed by atoms with E-state index in [-0.39, 0.29) is 5.91 Å². The molecule has 0 radical (unpaired) electrons. The Morgan fingerprint density at radius 2 is 1.71 bits per heavy atom. The highest BCUT2D eigenvalue weighted by Gasteiger charge is 2.12. The maximum atomic E-state index is 12.3. The molecular formula is C22H25NO5. The summed E-state index contributed by atoms with van der Waals surface area (Å²) in [7, 11) is 0. The Morgan fingerprint density at radius 1 is 1.04 bits per heavy atom. The molecule has 0 aliphatic rings. The lowest BCUT2D eigenvalue weighted by Crippen LogP contribution is -2.28. The zero-order valence-electron chi connectivity index (χ0n) is 16.3. The van der Waals surface area contributed by atoms with Crippen LogP contribution in [0.25, 0.3) is 5.57 Å². The topological polar surface area (TPSA) is 76.1 Å². The van der Waals surface area contributed by atoms with Gasteiger partial charge in [0.1, 0.15) is 5.75 Å². The number of rotatable bonds is 9. The number of ether oxygens (including phenoxy) is 2. The van der Waals surface area contributed by atoms with Crippen molar-refractivity contribution in [3.8, 4) is 17.2 Å². The molecule has 2 rings (SSSR count). The smallest absolute Gasteiger partial charge is 0.341 e. The summed E-state index contributed by atoms with van der Waals surface area (Å²) in [4.78, 5) is 25.0. The predicted molar refractivity (Wildman–Crippen MR) is 108 cm³/mol. The van der Waals surface area contributed by atoms with E-state index in [2.05, 4.69) is 0 Å². The molecule has 6 nitrogen and oxygen atoms in total. The maximum Gasteiger partial charge on any atom is 0.341 e. The van der Waals surface area contributed by atoms with E-state index >= 15 is 0 Å². The van der Waals surface area contributed by atoms with Gasteiger partial charge in [0.25, 0.3) is 0 Å². The van der Waals surface area contributed by atoms with Gasteiger partial charge in [-0.2, -0.15) is 0 Å². The van der Waals surface area contributed by atoms with Crippen molar-refractivity contribution in [3.63, 3.8) is 0 Å². The van der Waals surface area contributed by atoms with Gasteiger partial charge in [-0.15, -0.1) is 0 Å². The first kappa shape index (κ1) is 21.0. The molecule has 0 saturated heterocycles. The van der Waals surface area contributed by atoms with E-state index in [0.29, 0.717) is 30.3 Å². The minimum absolute atomic E-state index is 0.0693. The number of carbonyl (C=O) groups excluding carboxylic acids is 1. The molecule has 0 fully saturated rings. The average molecular weight is 383 g/mol. The monoisotopic (exact) mass is 383 g/mol. The van der Waals surface area contributed by atoms with E-state index in [9.17, 15) is 9.59 Å². The van der Waals surface area contributed by atoms with E-state index in [0.717, 1.165) is 11.1 Å². The van der Waals surface area contributed by atoms with Crippen LogP contribution in [-0.4, -0.2) is 41.6 Å². The number of hydrogen-bond donors (Lipinski definition) is 1. The minimum atomic E-state index is -1.08. The van der Waals surface area contributed by atoms with Gasteiger partial charge >= 0.3 is 5.97 Å². The van der Waals surface area contributed by atoms with Crippen LogP contribution in [0.1, 0.15) is 26.3 Å². The van der Waals surface area contributed by atoms with Gasteiger partial charge in [0.05, 0.1) is 0 Å². The number of allylic oxidation sites excluding steroid dienone is 1. The third kappa shape index (κ3) is 5.87. The number of carboxylic acid groups (broad SMARTS) is 1. The van der Waals surface area contributed by atoms with E-state index in [1.54, 1.807) is 35.2 Å². The highest BCUT2D eigenvalue weighted by Crippen LogP contribution is 2.34. The fourth-order valence-corrected chi connectivity index (χ4v) is 2.60. The molecule has 0 unspecified atom stereocenters. The molecule has 2 aromatic rings. The van der Waals surface area contributed by atoms with Crippen LogP contribution in [0.15, 0.2) is 54.6 Å². The summed E-state index contributed by atoms with van der Waals surface area (Å²) in [5, 5.41) is 8.94. The second-order valence-corrected chi connectivity index (χ2v) is 6.10. The third-order valence-corrected chi connectivity index (χ3v) is 4.14. The molecule has 28 heavy (non-hydrogen) atoms. The summed E-state index contributed by atoms with van der Waals surface area (Å²) in [5.41, 5.74) is 1.50. The molecular weight excluding hydrogens is 358 g/mol. The number of carbonyl (C=O) groups is 2. The van der Waals surface area contributed by atoms with Crippen molar-refractivity contribution in [2.24, 2.45) is 0 Å². The molecule has 6 heteroatoms. The van der Waals surface area contributed by atoms with Gasteiger partial charge in [0, 0.05) is 19.2 Å². The van der Waals surface area contributed by atoms with Crippen molar-refractivity contribution in [3.05, 3.63) is 60.2 Å². The minimum Gasteiger partial charge on any atom is -0.479 e. The Bertz CT molecular complexity index is 841. The second kappa shape index (κ2) is 10.2. The fourth-order valence-electron chi connectivity index (χ4n) is 2.60. The zero-order valence-corrected chi connectivity index (χ0v) is 16.3. The van der Waals surface area contributed by atoms with Crippen LogP contribution < -0.4 is 9.47 Å². The summed E-state index contributed by atoms with van der Waals surface area (Å²) in [6.45, 7) is 6.47. The molecule has 1 amide bonds. The molecule has 0 aliphatic heterocycles. The molecule has 0 bridgehead atoms. The van der Waals surface area contributed by atoms with Crippen molar-refractivity contribution < 1.29 is 24.2 Å². The van der Waals surface area contributed by atoms with Gasteiger partial charge < -0.3 is 19.5 Å². The van der Waals surface area contributed by atoms with Crippen LogP contribution in [0, 0.1) is 0 Å². The Kier molecular flexibility index (Phi) is 7.63. The number of aliphatic carboxylic acids is 1. The molecule has 0 heterocycles. The molecule has 0 spiro atoms. The fraction of sp³-hybridized carbons (Fsp3) is 0.273. The highest BCUT2D eigenvalue weighted by molar-refractivity contribution is 5.95. The van der Waals surface area contributed by atoms with Crippen molar-refractivity contribution in [1.82, 2.24) is 4.90 Å². The van der Waals surface area contributed by atoms with Gasteiger partial charge in [-0.3, -0.25) is 4.79 Å². The Labute approximate surface area is 165 Å². The molecule has 0 atom stereocenters. The van der Waals surface area contributed by atoms with Gasteiger partial charge in [0.15, 0.2) is 18.1 Å². The number of benzene rings is 2. The second-order valence-electron chi connectivity index (χ2n) is 6.10. The van der Waals surface area contributed by atoms with Crippen LogP contribution in [0.5, 0.6) is 17.2 Å². The van der Waals surface area contributed by atoms with Crippen LogP contribution in [0.2, 0.25) is 0 Å². The highest BCUT2D eigenvalue weighted by atomic mass is 16.5. The van der Waals surface area contributed by atoms with E-state index in [4.69, 9.17) is 14.6 Å². The van der Waals surface area contributed by atoms with Gasteiger partial charge in [-0.1, -0.05) is 24.3 Å². The SMILES string of the molecule is CCN(CC)C(=O)/C=C(\C)c1ccc(Oc2ccccc2)c(OCC(=O)O)c1. The third-order valence-electron chi connectivity index (χ3n) is 4.14. The number of carboxylic acids is 1. The Hall–Kier alpha value is -3.28. The van der Waals surface area contributed by atoms with E-state index in [1.165, 1.54) is 0 Å². The van der Waals surface area contributed by atoms with Gasteiger partial charge in [0.2, 0.25) is 5.91 Å². The number of likely N-dealkylation sites (N-methyl/N-ethyl adjacent to an activating group) is 1. The number of hydrogen-bond acceptors (Lipinski definition) is 4. The van der Waals surface area contributed by atoms with E-state index < -0.39 is 12.6 Å². The lowest BCUT2D eigenvalue weighted by atomic mass is 10.1. The number of nitrogens with zero attached hydrogens (tertiary/aromatic N) is 1. The first-order chi connectivity index (χ1) is 13.4. The first-order valence-corrected chi connectivity index (χ1v) is 9.13. The molecule has 1 N–H and O–H groups in total. The summed E-state index contributed by atoms with van der Waals surface area (Å²) in [6.07, 6.45) is 1.57. The Balaban J connectivity index is 2.32. The van der Waals surface area contributed by atoms with Crippen LogP contribution in [0.4, 0.5) is 0 Å². The summed E-state index contributed by atoms with van der Waals surface area (Å²) in [6, 6.07) is 14.3. The zero-order chi connectivity index (χ0) is 20.5. The van der Waals surface area contributed by atoms with Crippen LogP contribution in [0.3, 0.4) is 0 Å². The van der Waals surface area contributed by atoms with Gasteiger partial charge in [-0.25, -0.2) is 4.79 Å². The lowest BCUT2D eigenvalue weighted by Gasteiger charge is -2.17. The van der Waals surface area contributed by atoms with Crippen molar-refractivity contribution in [1.29, 1.82) is 0 Å². The number of amides is 1. The molecule has 0 saturated carbocycles. The van der Waals surface area contributed by atoms with Crippen molar-refractivity contribution in [2.45, 2.75) is 20.8 Å².